The van der Waals surface area contributed by atoms with E-state index in [-0.39, 0.29) is 24.2 Å². The highest BCUT2D eigenvalue weighted by Crippen LogP contribution is 2.68. The molecule has 31 heavy (non-hydrogen) atoms. The standard InChI is InChI=1S/C12H17ClN5O10P3/c1-7-8(18-6-17-9-10(14)15-5-16-11(9)18)2-3-12(7,4-13)26-30(22,23)28-31(24,25)27-29(19,20)21/h5-6,8H,1-4H2,(H,22,23)(H,24,25)(H2,14,15,16)(H2,19,20,21)/t8-,12-/m0/s1. The molecule has 0 aliphatic heterocycles. The zero-order chi connectivity index (χ0) is 23.2. The summed E-state index contributed by atoms with van der Waals surface area (Å²) in [7, 11) is -16.6. The van der Waals surface area contributed by atoms with E-state index < -0.39 is 41.0 Å². The lowest BCUT2D eigenvalue weighted by molar-refractivity contribution is 0.0838. The first-order valence-corrected chi connectivity index (χ1v) is 13.3. The maximum absolute atomic E-state index is 12.3. The van der Waals surface area contributed by atoms with Gasteiger partial charge >= 0.3 is 23.5 Å². The Bertz CT molecular complexity index is 1170. The molecular weight excluding hydrogens is 503 g/mol. The predicted molar refractivity (Wildman–Crippen MR) is 106 cm³/mol. The second kappa shape index (κ2) is 8.29. The Morgan fingerprint density at radius 1 is 1.19 bits per heavy atom. The number of phosphoric ester groups is 1. The van der Waals surface area contributed by atoms with Crippen LogP contribution in [0.2, 0.25) is 0 Å². The van der Waals surface area contributed by atoms with E-state index in [1.165, 1.54) is 12.7 Å². The smallest absolute Gasteiger partial charge is 0.382 e. The van der Waals surface area contributed by atoms with Gasteiger partial charge in [-0.1, -0.05) is 6.58 Å². The molecule has 3 rings (SSSR count). The van der Waals surface area contributed by atoms with E-state index in [0.29, 0.717) is 11.2 Å². The fraction of sp³-hybridized carbons (Fsp3) is 0.417. The zero-order valence-corrected chi connectivity index (χ0v) is 18.8. The molecular formula is C12H17ClN5O10P3. The van der Waals surface area contributed by atoms with Crippen molar-refractivity contribution in [3.05, 3.63) is 24.8 Å². The lowest BCUT2D eigenvalue weighted by atomic mass is 10.00. The van der Waals surface area contributed by atoms with Crippen LogP contribution in [-0.2, 0) is 26.8 Å². The van der Waals surface area contributed by atoms with Crippen LogP contribution in [-0.4, -0.2) is 50.6 Å². The van der Waals surface area contributed by atoms with Gasteiger partial charge in [0.15, 0.2) is 11.5 Å². The number of alkyl halides is 1. The van der Waals surface area contributed by atoms with E-state index >= 15 is 0 Å². The van der Waals surface area contributed by atoms with E-state index in [4.69, 9.17) is 31.6 Å². The maximum atomic E-state index is 12.3. The number of rotatable bonds is 8. The van der Waals surface area contributed by atoms with Gasteiger partial charge in [0.1, 0.15) is 17.4 Å². The predicted octanol–water partition coefficient (Wildman–Crippen LogP) is 1.62. The summed E-state index contributed by atoms with van der Waals surface area (Å²) in [6.07, 6.45) is 2.97. The Balaban J connectivity index is 1.86. The molecule has 0 aromatic carbocycles. The lowest BCUT2D eigenvalue weighted by Crippen LogP contribution is -2.33. The summed E-state index contributed by atoms with van der Waals surface area (Å²) in [5, 5.41) is 0. The third-order valence-corrected chi connectivity index (χ3v) is 8.79. The summed E-state index contributed by atoms with van der Waals surface area (Å²) >= 11 is 5.98. The van der Waals surface area contributed by atoms with E-state index in [9.17, 15) is 23.5 Å². The number of phosphoric acid groups is 3. The lowest BCUT2D eigenvalue weighted by Gasteiger charge is -2.31. The van der Waals surface area contributed by atoms with Crippen molar-refractivity contribution < 1.29 is 46.4 Å². The van der Waals surface area contributed by atoms with Crippen molar-refractivity contribution in [1.82, 2.24) is 19.5 Å². The number of nitrogens with two attached hydrogens (primary N) is 1. The maximum Gasteiger partial charge on any atom is 0.490 e. The molecule has 2 unspecified atom stereocenters. The molecule has 15 nitrogen and oxygen atoms in total. The summed E-state index contributed by atoms with van der Waals surface area (Å²) in [5.74, 6) is -0.265. The van der Waals surface area contributed by atoms with E-state index in [1.54, 1.807) is 4.57 Å². The summed E-state index contributed by atoms with van der Waals surface area (Å²) in [4.78, 5) is 48.6. The van der Waals surface area contributed by atoms with Gasteiger partial charge in [-0.25, -0.2) is 28.6 Å². The third-order valence-electron chi connectivity index (χ3n) is 4.45. The van der Waals surface area contributed by atoms with Crippen molar-refractivity contribution in [3.63, 3.8) is 0 Å². The molecule has 0 radical (unpaired) electrons. The minimum atomic E-state index is -5.67. The number of fused-ring (bicyclic) bond motifs is 1. The van der Waals surface area contributed by atoms with Crippen LogP contribution in [0.25, 0.3) is 11.2 Å². The van der Waals surface area contributed by atoms with Crippen LogP contribution in [0.1, 0.15) is 18.9 Å². The second-order valence-corrected chi connectivity index (χ2v) is 11.1. The zero-order valence-electron chi connectivity index (χ0n) is 15.4. The van der Waals surface area contributed by atoms with E-state index in [0.717, 1.165) is 0 Å². The quantitative estimate of drug-likeness (QED) is 0.189. The fourth-order valence-electron chi connectivity index (χ4n) is 3.21. The molecule has 172 valence electrons. The minimum absolute atomic E-state index is 0.0310. The number of nitrogens with zero attached hydrogens (tertiary/aromatic N) is 4. The summed E-state index contributed by atoms with van der Waals surface area (Å²) in [6, 6.07) is -0.565. The van der Waals surface area contributed by atoms with Crippen LogP contribution < -0.4 is 5.73 Å². The number of hydrogen-bond acceptors (Lipinski definition) is 10. The van der Waals surface area contributed by atoms with Crippen LogP contribution >= 0.6 is 35.1 Å². The second-order valence-electron chi connectivity index (χ2n) is 6.47. The molecule has 0 spiro atoms. The van der Waals surface area contributed by atoms with E-state index in [1.807, 2.05) is 0 Å². The number of anilines is 1. The summed E-state index contributed by atoms with van der Waals surface area (Å²) in [5.41, 5.74) is 4.95. The molecule has 2 aromatic heterocycles. The van der Waals surface area contributed by atoms with Gasteiger partial charge in [0, 0.05) is 0 Å². The van der Waals surface area contributed by atoms with Gasteiger partial charge in [0.05, 0.1) is 18.2 Å². The van der Waals surface area contributed by atoms with Crippen molar-refractivity contribution in [1.29, 1.82) is 0 Å². The van der Waals surface area contributed by atoms with E-state index in [2.05, 4.69) is 30.2 Å². The SMILES string of the molecule is C=C1[C@@H](n2cnc3c(N)ncnc32)CC[C@@]1(CCl)OP(=O)(O)OP(=O)(O)OP(=O)(O)O. The highest BCUT2D eigenvalue weighted by Gasteiger charge is 2.51. The molecule has 0 bridgehead atoms. The number of halogens is 1. The van der Waals surface area contributed by atoms with Gasteiger partial charge in [0.2, 0.25) is 0 Å². The van der Waals surface area contributed by atoms with Crippen molar-refractivity contribution in [2.45, 2.75) is 24.5 Å². The number of aromatic nitrogens is 4. The molecule has 1 fully saturated rings. The Morgan fingerprint density at radius 3 is 2.48 bits per heavy atom. The van der Waals surface area contributed by atoms with Crippen LogP contribution in [0.5, 0.6) is 0 Å². The molecule has 0 saturated heterocycles. The Hall–Kier alpha value is -1.21. The highest BCUT2D eigenvalue weighted by molar-refractivity contribution is 7.66. The highest BCUT2D eigenvalue weighted by atomic mass is 35.5. The molecule has 1 aliphatic rings. The van der Waals surface area contributed by atoms with Gasteiger partial charge in [-0.05, 0) is 18.4 Å². The Labute approximate surface area is 179 Å². The number of imidazole rings is 1. The van der Waals surface area contributed by atoms with Crippen LogP contribution in [0.4, 0.5) is 5.82 Å². The van der Waals surface area contributed by atoms with Gasteiger partial charge in [0.25, 0.3) is 0 Å². The number of hydrogen-bond donors (Lipinski definition) is 5. The molecule has 19 heteroatoms. The molecule has 4 atom stereocenters. The monoisotopic (exact) mass is 519 g/mol. The molecule has 1 saturated carbocycles. The third kappa shape index (κ3) is 5.24. The van der Waals surface area contributed by atoms with Crippen molar-refractivity contribution >= 4 is 52.1 Å². The molecule has 2 aromatic rings. The molecule has 0 amide bonds. The van der Waals surface area contributed by atoms with Crippen LogP contribution in [0, 0.1) is 0 Å². The summed E-state index contributed by atoms with van der Waals surface area (Å²) in [6.45, 7) is 3.88. The van der Waals surface area contributed by atoms with Gasteiger partial charge in [-0.3, -0.25) is 4.52 Å². The largest absolute Gasteiger partial charge is 0.490 e. The average Bonchev–Trinajstić information content (AvgIpc) is 3.14. The van der Waals surface area contributed by atoms with Crippen molar-refractivity contribution in [3.8, 4) is 0 Å². The summed E-state index contributed by atoms with van der Waals surface area (Å²) < 4.78 is 48.8. The molecule has 1 aliphatic carbocycles. The normalized spacial score (nSPS) is 26.1. The first-order valence-electron chi connectivity index (χ1n) is 8.21. The van der Waals surface area contributed by atoms with Gasteiger partial charge in [-0.2, -0.15) is 8.62 Å². The van der Waals surface area contributed by atoms with Crippen LogP contribution in [0.15, 0.2) is 24.8 Å². The minimum Gasteiger partial charge on any atom is -0.382 e. The number of nitrogen functional groups attached to an aromatic ring is 1. The topological polar surface area (TPSA) is 229 Å². The van der Waals surface area contributed by atoms with Gasteiger partial charge in [-0.15, -0.1) is 11.6 Å². The average molecular weight is 520 g/mol. The van der Waals surface area contributed by atoms with Crippen molar-refractivity contribution in [2.75, 3.05) is 11.6 Å². The first-order chi connectivity index (χ1) is 14.2. The van der Waals surface area contributed by atoms with Crippen LogP contribution in [0.3, 0.4) is 0 Å². The van der Waals surface area contributed by atoms with Crippen molar-refractivity contribution in [2.24, 2.45) is 0 Å². The first kappa shape index (κ1) is 24.4. The Kier molecular flexibility index (Phi) is 6.53. The Morgan fingerprint density at radius 2 is 1.87 bits per heavy atom. The van der Waals surface area contributed by atoms with Gasteiger partial charge < -0.3 is 29.9 Å². The molecule has 6 N–H and O–H groups in total. The molecule has 2 heterocycles. The fourth-order valence-corrected chi connectivity index (χ4v) is 7.00.